The zero-order chi connectivity index (χ0) is 12.8. The molecule has 2 nitrogen and oxygen atoms in total. The molecule has 0 amide bonds. The monoisotopic (exact) mass is 268 g/mol. The molecule has 17 heavy (non-hydrogen) atoms. The Hall–Kier alpha value is -1.11. The number of hydrogen-bond acceptors (Lipinski definition) is 2. The van der Waals surface area contributed by atoms with Gasteiger partial charge in [0.15, 0.2) is 9.84 Å². The standard InChI is InChI=1S/C10H8F4O2S/c11-8-5-9(8)17(15,16)7-3-1-2-6(4-7)10(12,13)14/h1-4,8-9H,5H2/t8-,9-/m1/s1. The van der Waals surface area contributed by atoms with E-state index in [1.807, 2.05) is 0 Å². The van der Waals surface area contributed by atoms with Crippen molar-refractivity contribution in [2.45, 2.75) is 28.9 Å². The fourth-order valence-corrected chi connectivity index (χ4v) is 3.22. The van der Waals surface area contributed by atoms with E-state index in [1.165, 1.54) is 0 Å². The molecule has 0 heterocycles. The highest BCUT2D eigenvalue weighted by Crippen LogP contribution is 2.38. The van der Waals surface area contributed by atoms with E-state index in [0.717, 1.165) is 18.2 Å². The average Bonchev–Trinajstić information content (AvgIpc) is 2.95. The lowest BCUT2D eigenvalue weighted by molar-refractivity contribution is -0.137. The summed E-state index contributed by atoms with van der Waals surface area (Å²) in [5.41, 5.74) is -1.05. The molecule has 1 saturated carbocycles. The lowest BCUT2D eigenvalue weighted by Crippen LogP contribution is -2.12. The third-order valence-electron chi connectivity index (χ3n) is 2.55. The first-order valence-corrected chi connectivity index (χ1v) is 6.33. The summed E-state index contributed by atoms with van der Waals surface area (Å²) in [4.78, 5) is -0.475. The van der Waals surface area contributed by atoms with E-state index in [4.69, 9.17) is 0 Å². The van der Waals surface area contributed by atoms with Crippen LogP contribution in [0.25, 0.3) is 0 Å². The molecule has 0 aromatic heterocycles. The Kier molecular flexibility index (Phi) is 2.68. The zero-order valence-electron chi connectivity index (χ0n) is 8.41. The van der Waals surface area contributed by atoms with E-state index in [9.17, 15) is 26.0 Å². The molecule has 1 aliphatic rings. The van der Waals surface area contributed by atoms with Gasteiger partial charge in [0.05, 0.1) is 15.7 Å². The Morgan fingerprint density at radius 3 is 2.29 bits per heavy atom. The van der Waals surface area contributed by atoms with Gasteiger partial charge in [-0.2, -0.15) is 13.2 Å². The molecular formula is C10H8F4O2S. The molecule has 0 bridgehead atoms. The van der Waals surface area contributed by atoms with Gasteiger partial charge in [-0.25, -0.2) is 12.8 Å². The average molecular weight is 268 g/mol. The maximum absolute atomic E-state index is 12.7. The molecule has 0 spiro atoms. The Morgan fingerprint density at radius 1 is 1.24 bits per heavy atom. The Bertz CT molecular complexity index is 535. The summed E-state index contributed by atoms with van der Waals surface area (Å²) in [5.74, 6) is 0. The summed E-state index contributed by atoms with van der Waals surface area (Å²) in [6, 6.07) is 3.38. The molecular weight excluding hydrogens is 260 g/mol. The second kappa shape index (κ2) is 3.69. The van der Waals surface area contributed by atoms with E-state index in [0.29, 0.717) is 6.07 Å². The van der Waals surface area contributed by atoms with Gasteiger partial charge < -0.3 is 0 Å². The van der Waals surface area contributed by atoms with Crippen LogP contribution in [0.15, 0.2) is 29.2 Å². The van der Waals surface area contributed by atoms with Crippen LogP contribution in [0.2, 0.25) is 0 Å². The van der Waals surface area contributed by atoms with Crippen LogP contribution in [-0.4, -0.2) is 19.8 Å². The van der Waals surface area contributed by atoms with Gasteiger partial charge in [-0.05, 0) is 24.6 Å². The topological polar surface area (TPSA) is 34.1 Å². The predicted octanol–water partition coefficient (Wildman–Crippen LogP) is 2.59. The molecule has 1 aromatic rings. The second-order valence-electron chi connectivity index (χ2n) is 3.86. The highest BCUT2D eigenvalue weighted by molar-refractivity contribution is 7.92. The first kappa shape index (κ1) is 12.3. The number of halogens is 4. The normalized spacial score (nSPS) is 24.7. The van der Waals surface area contributed by atoms with E-state index in [2.05, 4.69) is 0 Å². The SMILES string of the molecule is O=S(=O)(c1cccc(C(F)(F)F)c1)[C@@H]1C[C@H]1F. The van der Waals surface area contributed by atoms with Crippen LogP contribution in [0, 0.1) is 0 Å². The van der Waals surface area contributed by atoms with Crippen LogP contribution in [0.1, 0.15) is 12.0 Å². The van der Waals surface area contributed by atoms with Crippen LogP contribution in [-0.2, 0) is 16.0 Å². The number of hydrogen-bond donors (Lipinski definition) is 0. The van der Waals surface area contributed by atoms with Gasteiger partial charge in [-0.1, -0.05) is 6.07 Å². The molecule has 0 aliphatic heterocycles. The zero-order valence-corrected chi connectivity index (χ0v) is 9.22. The molecule has 7 heteroatoms. The van der Waals surface area contributed by atoms with Crippen LogP contribution in [0.4, 0.5) is 17.6 Å². The minimum absolute atomic E-state index is 0.140. The van der Waals surface area contributed by atoms with Crippen LogP contribution >= 0.6 is 0 Å². The van der Waals surface area contributed by atoms with Crippen LogP contribution in [0.3, 0.4) is 0 Å². The quantitative estimate of drug-likeness (QED) is 0.773. The predicted molar refractivity (Wildman–Crippen MR) is 51.9 cm³/mol. The van der Waals surface area contributed by atoms with Crippen molar-refractivity contribution in [2.24, 2.45) is 0 Å². The minimum atomic E-state index is -4.61. The number of benzene rings is 1. The highest BCUT2D eigenvalue weighted by Gasteiger charge is 2.49. The lowest BCUT2D eigenvalue weighted by atomic mass is 10.2. The van der Waals surface area contributed by atoms with Gasteiger partial charge in [0.1, 0.15) is 6.17 Å². The molecule has 1 aliphatic carbocycles. The van der Waals surface area contributed by atoms with Gasteiger partial charge in [0.2, 0.25) is 0 Å². The van der Waals surface area contributed by atoms with Gasteiger partial charge in [-0.15, -0.1) is 0 Å². The van der Waals surface area contributed by atoms with Crippen molar-refractivity contribution in [1.82, 2.24) is 0 Å². The molecule has 0 radical (unpaired) electrons. The van der Waals surface area contributed by atoms with E-state index >= 15 is 0 Å². The van der Waals surface area contributed by atoms with Gasteiger partial charge in [0, 0.05) is 0 Å². The molecule has 1 aromatic carbocycles. The molecule has 2 rings (SSSR count). The molecule has 94 valence electrons. The smallest absolute Gasteiger partial charge is 0.246 e. The van der Waals surface area contributed by atoms with E-state index in [1.54, 1.807) is 0 Å². The number of sulfone groups is 1. The van der Waals surface area contributed by atoms with Crippen molar-refractivity contribution in [1.29, 1.82) is 0 Å². The van der Waals surface area contributed by atoms with Gasteiger partial charge in [0.25, 0.3) is 0 Å². The first-order valence-electron chi connectivity index (χ1n) is 4.78. The van der Waals surface area contributed by atoms with Crippen LogP contribution in [0.5, 0.6) is 0 Å². The van der Waals surface area contributed by atoms with Crippen molar-refractivity contribution in [2.75, 3.05) is 0 Å². The maximum atomic E-state index is 12.7. The van der Waals surface area contributed by atoms with E-state index in [-0.39, 0.29) is 6.42 Å². The van der Waals surface area contributed by atoms with Crippen molar-refractivity contribution in [3.8, 4) is 0 Å². The molecule has 2 atom stereocenters. The van der Waals surface area contributed by atoms with E-state index < -0.39 is 37.9 Å². The minimum Gasteiger partial charge on any atom is -0.246 e. The van der Waals surface area contributed by atoms with Crippen LogP contribution < -0.4 is 0 Å². The molecule has 1 fully saturated rings. The van der Waals surface area contributed by atoms with Crippen molar-refractivity contribution < 1.29 is 26.0 Å². The van der Waals surface area contributed by atoms with Crippen molar-refractivity contribution in [3.63, 3.8) is 0 Å². The fraction of sp³-hybridized carbons (Fsp3) is 0.400. The first-order chi connectivity index (χ1) is 7.73. The largest absolute Gasteiger partial charge is 0.416 e. The molecule has 0 saturated heterocycles. The van der Waals surface area contributed by atoms with Crippen molar-refractivity contribution in [3.05, 3.63) is 29.8 Å². The fourth-order valence-electron chi connectivity index (χ4n) is 1.49. The second-order valence-corrected chi connectivity index (χ2v) is 6.03. The van der Waals surface area contributed by atoms with Gasteiger partial charge >= 0.3 is 6.18 Å². The Balaban J connectivity index is 2.41. The van der Waals surface area contributed by atoms with Gasteiger partial charge in [-0.3, -0.25) is 0 Å². The summed E-state index contributed by atoms with van der Waals surface area (Å²) < 4.78 is 73.2. The number of rotatable bonds is 2. The Morgan fingerprint density at radius 2 is 1.82 bits per heavy atom. The van der Waals surface area contributed by atoms with Crippen molar-refractivity contribution >= 4 is 9.84 Å². The summed E-state index contributed by atoms with van der Waals surface area (Å²) in [6.45, 7) is 0. The third kappa shape index (κ3) is 2.29. The summed E-state index contributed by atoms with van der Waals surface area (Å²) in [5, 5.41) is -1.19. The molecule has 0 N–H and O–H groups in total. The number of alkyl halides is 4. The summed E-state index contributed by atoms with van der Waals surface area (Å²) in [6.07, 6.45) is -6.21. The lowest BCUT2D eigenvalue weighted by Gasteiger charge is -2.08. The summed E-state index contributed by atoms with van der Waals surface area (Å²) >= 11 is 0. The summed E-state index contributed by atoms with van der Waals surface area (Å²) in [7, 11) is -3.97. The highest BCUT2D eigenvalue weighted by atomic mass is 32.2. The maximum Gasteiger partial charge on any atom is 0.416 e. The molecule has 0 unspecified atom stereocenters. The third-order valence-corrected chi connectivity index (χ3v) is 4.74. The Labute approximate surface area is 95.2 Å².